The standard InChI is InChI=1S/C15H18N2/c1-3-13-6-10-15(11-7-13)17-16-14-8-4-12(2)5-9-14/h4-11,16-17H,3H2,1-2H3. The van der Waals surface area contributed by atoms with Crippen molar-refractivity contribution in [1.82, 2.24) is 0 Å². The summed E-state index contributed by atoms with van der Waals surface area (Å²) in [6.07, 6.45) is 1.08. The number of benzene rings is 2. The van der Waals surface area contributed by atoms with Crippen LogP contribution in [-0.4, -0.2) is 0 Å². The molecule has 0 bridgehead atoms. The monoisotopic (exact) mass is 226 g/mol. The number of hydrazine groups is 1. The van der Waals surface area contributed by atoms with Crippen molar-refractivity contribution in [3.05, 3.63) is 59.7 Å². The summed E-state index contributed by atoms with van der Waals surface area (Å²) in [5.74, 6) is 0. The molecule has 88 valence electrons. The number of rotatable bonds is 4. The molecule has 2 aromatic carbocycles. The van der Waals surface area contributed by atoms with Crippen molar-refractivity contribution in [2.24, 2.45) is 0 Å². The minimum Gasteiger partial charge on any atom is -0.301 e. The second-order valence-corrected chi connectivity index (χ2v) is 4.17. The van der Waals surface area contributed by atoms with E-state index in [4.69, 9.17) is 0 Å². The Bertz CT molecular complexity index is 457. The summed E-state index contributed by atoms with van der Waals surface area (Å²) in [6.45, 7) is 4.24. The fraction of sp³-hybridized carbons (Fsp3) is 0.200. The van der Waals surface area contributed by atoms with E-state index in [0.717, 1.165) is 17.8 Å². The molecule has 0 aliphatic rings. The summed E-state index contributed by atoms with van der Waals surface area (Å²) in [5, 5.41) is 0. The average Bonchev–Trinajstić information content (AvgIpc) is 2.39. The van der Waals surface area contributed by atoms with Gasteiger partial charge in [0.25, 0.3) is 0 Å². The van der Waals surface area contributed by atoms with E-state index < -0.39 is 0 Å². The number of anilines is 2. The lowest BCUT2D eigenvalue weighted by molar-refractivity contribution is 1.14. The molecule has 2 heteroatoms. The van der Waals surface area contributed by atoms with Crippen molar-refractivity contribution in [2.45, 2.75) is 20.3 Å². The summed E-state index contributed by atoms with van der Waals surface area (Å²) in [7, 11) is 0. The normalized spacial score (nSPS) is 10.0. The maximum absolute atomic E-state index is 3.18. The number of hydrogen-bond acceptors (Lipinski definition) is 2. The molecule has 0 radical (unpaired) electrons. The van der Waals surface area contributed by atoms with Gasteiger partial charge < -0.3 is 10.9 Å². The highest BCUT2D eigenvalue weighted by atomic mass is 15.4. The zero-order chi connectivity index (χ0) is 12.1. The van der Waals surface area contributed by atoms with E-state index in [1.807, 2.05) is 0 Å². The highest BCUT2D eigenvalue weighted by Gasteiger charge is 1.93. The van der Waals surface area contributed by atoms with Gasteiger partial charge in [-0.15, -0.1) is 0 Å². The van der Waals surface area contributed by atoms with Gasteiger partial charge in [0.15, 0.2) is 0 Å². The van der Waals surface area contributed by atoms with Crippen LogP contribution in [0.25, 0.3) is 0 Å². The lowest BCUT2D eigenvalue weighted by atomic mass is 10.1. The molecule has 0 heterocycles. The van der Waals surface area contributed by atoms with Crippen LogP contribution in [0.1, 0.15) is 18.1 Å². The fourth-order valence-corrected chi connectivity index (χ4v) is 1.61. The van der Waals surface area contributed by atoms with Crippen LogP contribution in [0.3, 0.4) is 0 Å². The predicted octanol–water partition coefficient (Wildman–Crippen LogP) is 4.00. The molecule has 0 fully saturated rings. The van der Waals surface area contributed by atoms with Crippen molar-refractivity contribution in [3.63, 3.8) is 0 Å². The van der Waals surface area contributed by atoms with Gasteiger partial charge in [-0.2, -0.15) is 0 Å². The predicted molar refractivity (Wildman–Crippen MR) is 74.2 cm³/mol. The van der Waals surface area contributed by atoms with E-state index in [9.17, 15) is 0 Å². The zero-order valence-corrected chi connectivity index (χ0v) is 10.3. The Morgan fingerprint density at radius 3 is 1.71 bits per heavy atom. The molecule has 0 aliphatic heterocycles. The number of nitrogens with one attached hydrogen (secondary N) is 2. The van der Waals surface area contributed by atoms with E-state index in [-0.39, 0.29) is 0 Å². The van der Waals surface area contributed by atoms with Crippen LogP contribution < -0.4 is 10.9 Å². The average molecular weight is 226 g/mol. The molecule has 0 atom stereocenters. The second-order valence-electron chi connectivity index (χ2n) is 4.17. The lowest BCUT2D eigenvalue weighted by Crippen LogP contribution is -2.08. The molecule has 2 rings (SSSR count). The van der Waals surface area contributed by atoms with Gasteiger partial charge in [0.1, 0.15) is 0 Å². The van der Waals surface area contributed by atoms with Crippen molar-refractivity contribution >= 4 is 11.4 Å². The third-order valence-corrected chi connectivity index (χ3v) is 2.76. The Kier molecular flexibility index (Phi) is 3.66. The van der Waals surface area contributed by atoms with Gasteiger partial charge in [-0.3, -0.25) is 0 Å². The highest BCUT2D eigenvalue weighted by Crippen LogP contribution is 2.12. The maximum Gasteiger partial charge on any atom is 0.0540 e. The Labute approximate surface area is 103 Å². The largest absolute Gasteiger partial charge is 0.301 e. The maximum atomic E-state index is 3.18. The van der Waals surface area contributed by atoms with Gasteiger partial charge in [0.2, 0.25) is 0 Å². The summed E-state index contributed by atoms with van der Waals surface area (Å²) < 4.78 is 0. The van der Waals surface area contributed by atoms with Crippen molar-refractivity contribution in [1.29, 1.82) is 0 Å². The second kappa shape index (κ2) is 5.39. The third-order valence-electron chi connectivity index (χ3n) is 2.76. The van der Waals surface area contributed by atoms with Crippen LogP contribution in [-0.2, 0) is 6.42 Å². The van der Waals surface area contributed by atoms with Gasteiger partial charge in [-0.1, -0.05) is 36.8 Å². The molecule has 2 aromatic rings. The number of hydrogen-bond donors (Lipinski definition) is 2. The molecule has 0 unspecified atom stereocenters. The molecule has 2 N–H and O–H groups in total. The molecule has 0 aliphatic carbocycles. The topological polar surface area (TPSA) is 24.1 Å². The van der Waals surface area contributed by atoms with Crippen molar-refractivity contribution in [3.8, 4) is 0 Å². The summed E-state index contributed by atoms with van der Waals surface area (Å²) >= 11 is 0. The molecule has 0 amide bonds. The van der Waals surface area contributed by atoms with Crippen LogP contribution in [0.4, 0.5) is 11.4 Å². The van der Waals surface area contributed by atoms with Crippen LogP contribution in [0.2, 0.25) is 0 Å². The fourth-order valence-electron chi connectivity index (χ4n) is 1.61. The quantitative estimate of drug-likeness (QED) is 0.770. The SMILES string of the molecule is CCc1ccc(NNc2ccc(C)cc2)cc1. The molecular formula is C15H18N2. The summed E-state index contributed by atoms with van der Waals surface area (Å²) in [5.41, 5.74) is 11.1. The van der Waals surface area contributed by atoms with Gasteiger partial charge in [0, 0.05) is 0 Å². The smallest absolute Gasteiger partial charge is 0.0540 e. The van der Waals surface area contributed by atoms with Gasteiger partial charge in [0.05, 0.1) is 11.4 Å². The molecule has 0 aromatic heterocycles. The van der Waals surface area contributed by atoms with E-state index in [0.29, 0.717) is 0 Å². The van der Waals surface area contributed by atoms with Crippen LogP contribution in [0.5, 0.6) is 0 Å². The Hall–Kier alpha value is -1.96. The third kappa shape index (κ3) is 3.25. The molecule has 0 saturated heterocycles. The van der Waals surface area contributed by atoms with Crippen LogP contribution in [0, 0.1) is 6.92 Å². The molecular weight excluding hydrogens is 208 g/mol. The Morgan fingerprint density at radius 1 is 0.765 bits per heavy atom. The lowest BCUT2D eigenvalue weighted by Gasteiger charge is -2.10. The zero-order valence-electron chi connectivity index (χ0n) is 10.3. The summed E-state index contributed by atoms with van der Waals surface area (Å²) in [4.78, 5) is 0. The first-order chi connectivity index (χ1) is 8.28. The highest BCUT2D eigenvalue weighted by molar-refractivity contribution is 5.53. The molecule has 17 heavy (non-hydrogen) atoms. The van der Waals surface area contributed by atoms with E-state index in [2.05, 4.69) is 73.2 Å². The van der Waals surface area contributed by atoms with Crippen LogP contribution in [0.15, 0.2) is 48.5 Å². The van der Waals surface area contributed by atoms with E-state index >= 15 is 0 Å². The van der Waals surface area contributed by atoms with E-state index in [1.54, 1.807) is 0 Å². The minimum absolute atomic E-state index is 1.06. The Balaban J connectivity index is 1.95. The minimum atomic E-state index is 1.06. The molecule has 2 nitrogen and oxygen atoms in total. The van der Waals surface area contributed by atoms with E-state index in [1.165, 1.54) is 11.1 Å². The van der Waals surface area contributed by atoms with Gasteiger partial charge in [-0.05, 0) is 43.2 Å². The first-order valence-corrected chi connectivity index (χ1v) is 5.95. The van der Waals surface area contributed by atoms with Crippen molar-refractivity contribution in [2.75, 3.05) is 10.9 Å². The van der Waals surface area contributed by atoms with Gasteiger partial charge in [-0.25, -0.2) is 0 Å². The van der Waals surface area contributed by atoms with Crippen molar-refractivity contribution < 1.29 is 0 Å². The molecule has 0 saturated carbocycles. The Morgan fingerprint density at radius 2 is 1.24 bits per heavy atom. The number of aryl methyl sites for hydroxylation is 2. The summed E-state index contributed by atoms with van der Waals surface area (Å²) in [6, 6.07) is 16.7. The first-order valence-electron chi connectivity index (χ1n) is 5.95. The first kappa shape index (κ1) is 11.5. The molecule has 0 spiro atoms. The van der Waals surface area contributed by atoms with Crippen LogP contribution >= 0.6 is 0 Å². The van der Waals surface area contributed by atoms with Gasteiger partial charge >= 0.3 is 0 Å².